The van der Waals surface area contributed by atoms with Crippen molar-refractivity contribution < 1.29 is 24.2 Å². The number of allylic oxidation sites excluding steroid dienone is 1. The van der Waals surface area contributed by atoms with E-state index >= 15 is 0 Å². The summed E-state index contributed by atoms with van der Waals surface area (Å²) in [6.45, 7) is 5.92. The number of esters is 2. The maximum atomic E-state index is 11.8. The van der Waals surface area contributed by atoms with Crippen LogP contribution in [-0.2, 0) is 19.1 Å². The first-order chi connectivity index (χ1) is 10.4. The quantitative estimate of drug-likeness (QED) is 0.496. The molecule has 0 saturated carbocycles. The predicted octanol–water partition coefficient (Wildman–Crippen LogP) is 2.72. The van der Waals surface area contributed by atoms with E-state index in [1.165, 1.54) is 14.2 Å². The van der Waals surface area contributed by atoms with Crippen molar-refractivity contribution in [1.29, 1.82) is 0 Å². The minimum atomic E-state index is -0.751. The summed E-state index contributed by atoms with van der Waals surface area (Å²) in [6, 6.07) is 0. The number of aliphatic hydroxyl groups is 1. The molecular weight excluding hydrogens is 284 g/mol. The summed E-state index contributed by atoms with van der Waals surface area (Å²) in [5.74, 6) is -0.964. The maximum absolute atomic E-state index is 11.8. The van der Waals surface area contributed by atoms with Gasteiger partial charge in [0.1, 0.15) is 5.92 Å². The van der Waals surface area contributed by atoms with Crippen LogP contribution in [0.2, 0.25) is 0 Å². The molecule has 0 spiro atoms. The van der Waals surface area contributed by atoms with Crippen molar-refractivity contribution in [1.82, 2.24) is 0 Å². The second kappa shape index (κ2) is 11.2. The van der Waals surface area contributed by atoms with Gasteiger partial charge in [-0.15, -0.1) is 0 Å². The number of hydrogen-bond acceptors (Lipinski definition) is 5. The van der Waals surface area contributed by atoms with E-state index in [-0.39, 0.29) is 11.9 Å². The Balaban J connectivity index is 4.53. The van der Waals surface area contributed by atoms with Gasteiger partial charge in [-0.3, -0.25) is 9.59 Å². The molecule has 1 N–H and O–H groups in total. The second-order valence-corrected chi connectivity index (χ2v) is 5.81. The summed E-state index contributed by atoms with van der Waals surface area (Å²) in [7, 11) is 2.70. The molecule has 0 aromatic heterocycles. The molecule has 0 radical (unpaired) electrons. The molecule has 0 aromatic carbocycles. The fourth-order valence-electron chi connectivity index (χ4n) is 2.11. The highest BCUT2D eigenvalue weighted by Gasteiger charge is 2.28. The van der Waals surface area contributed by atoms with Crippen LogP contribution in [0.4, 0.5) is 0 Å². The Morgan fingerprint density at radius 3 is 2.32 bits per heavy atom. The monoisotopic (exact) mass is 314 g/mol. The van der Waals surface area contributed by atoms with Gasteiger partial charge in [0, 0.05) is 6.42 Å². The van der Waals surface area contributed by atoms with E-state index in [2.05, 4.69) is 4.74 Å². The van der Waals surface area contributed by atoms with Gasteiger partial charge in [-0.25, -0.2) is 0 Å². The highest BCUT2D eigenvalue weighted by molar-refractivity contribution is 5.75. The minimum absolute atomic E-state index is 0.0190. The van der Waals surface area contributed by atoms with Gasteiger partial charge < -0.3 is 14.6 Å². The van der Waals surface area contributed by atoms with Crippen LogP contribution in [0.15, 0.2) is 12.2 Å². The molecule has 0 bridgehead atoms. The number of ether oxygens (including phenoxy) is 2. The van der Waals surface area contributed by atoms with E-state index in [1.54, 1.807) is 6.08 Å². The van der Waals surface area contributed by atoms with Crippen molar-refractivity contribution in [3.05, 3.63) is 12.2 Å². The van der Waals surface area contributed by atoms with Crippen molar-refractivity contribution in [2.24, 2.45) is 17.8 Å². The molecule has 4 atom stereocenters. The van der Waals surface area contributed by atoms with E-state index in [4.69, 9.17) is 4.74 Å². The third-order valence-corrected chi connectivity index (χ3v) is 4.02. The molecule has 0 fully saturated rings. The average Bonchev–Trinajstić information content (AvgIpc) is 2.54. The highest BCUT2D eigenvalue weighted by Crippen LogP contribution is 2.20. The summed E-state index contributed by atoms with van der Waals surface area (Å²) in [5, 5.41) is 10.2. The Kier molecular flexibility index (Phi) is 10.5. The molecule has 5 heteroatoms. The number of carbonyl (C=O) groups excluding carboxylic acids is 2. The molecule has 0 aliphatic rings. The van der Waals surface area contributed by atoms with E-state index in [1.807, 2.05) is 26.8 Å². The van der Waals surface area contributed by atoms with E-state index in [9.17, 15) is 14.7 Å². The largest absolute Gasteiger partial charge is 0.469 e. The summed E-state index contributed by atoms with van der Waals surface area (Å²) in [6.07, 6.45) is 5.50. The molecule has 0 rings (SSSR count). The first kappa shape index (κ1) is 20.6. The van der Waals surface area contributed by atoms with Crippen LogP contribution in [0.3, 0.4) is 0 Å². The van der Waals surface area contributed by atoms with Gasteiger partial charge in [-0.1, -0.05) is 39.3 Å². The third kappa shape index (κ3) is 7.59. The first-order valence-corrected chi connectivity index (χ1v) is 7.86. The Labute approximate surface area is 133 Å². The highest BCUT2D eigenvalue weighted by atomic mass is 16.5. The Morgan fingerprint density at radius 1 is 1.18 bits per heavy atom. The number of hydrogen-bond donors (Lipinski definition) is 1. The van der Waals surface area contributed by atoms with Crippen LogP contribution in [0.5, 0.6) is 0 Å². The molecule has 0 unspecified atom stereocenters. The Bertz CT molecular complexity index is 364. The minimum Gasteiger partial charge on any atom is -0.469 e. The van der Waals surface area contributed by atoms with Crippen LogP contribution in [0.25, 0.3) is 0 Å². The fraction of sp³-hybridized carbons (Fsp3) is 0.765. The molecule has 128 valence electrons. The van der Waals surface area contributed by atoms with Crippen molar-refractivity contribution in [2.75, 3.05) is 14.2 Å². The molecule has 0 aliphatic heterocycles. The van der Waals surface area contributed by atoms with E-state index in [0.717, 1.165) is 19.3 Å². The van der Waals surface area contributed by atoms with Crippen LogP contribution in [-0.4, -0.2) is 37.4 Å². The number of methoxy groups -OCH3 is 2. The zero-order valence-electron chi connectivity index (χ0n) is 14.4. The molecule has 0 saturated heterocycles. The molecule has 0 amide bonds. The van der Waals surface area contributed by atoms with Crippen LogP contribution in [0, 0.1) is 17.8 Å². The van der Waals surface area contributed by atoms with Crippen LogP contribution >= 0.6 is 0 Å². The Morgan fingerprint density at radius 2 is 1.82 bits per heavy atom. The molecule has 0 aromatic rings. The lowest BCUT2D eigenvalue weighted by Crippen LogP contribution is -2.32. The van der Waals surface area contributed by atoms with E-state index in [0.29, 0.717) is 12.3 Å². The second-order valence-electron chi connectivity index (χ2n) is 5.81. The first-order valence-electron chi connectivity index (χ1n) is 7.86. The standard InChI is InChI=1S/C17H30O5/c1-6-13(3)16(19)14(17(20)22-5)9-7-8-12(2)10-11-15(18)21-4/h7,9,12-14,16,19H,6,8,10-11H2,1-5H3/b9-7+/t12-,13-,14+,16+/m0/s1. The lowest BCUT2D eigenvalue weighted by Gasteiger charge is -2.23. The SMILES string of the molecule is CC[C@H](C)[C@@H](O)[C@@H](/C=C/C[C@H](C)CCC(=O)OC)C(=O)OC. The van der Waals surface area contributed by atoms with Gasteiger partial charge in [0.05, 0.1) is 20.3 Å². The van der Waals surface area contributed by atoms with E-state index < -0.39 is 18.0 Å². The van der Waals surface area contributed by atoms with Crippen molar-refractivity contribution >= 4 is 11.9 Å². The lowest BCUT2D eigenvalue weighted by atomic mass is 9.89. The van der Waals surface area contributed by atoms with Gasteiger partial charge in [0.25, 0.3) is 0 Å². The topological polar surface area (TPSA) is 72.8 Å². The summed E-state index contributed by atoms with van der Waals surface area (Å²) >= 11 is 0. The third-order valence-electron chi connectivity index (χ3n) is 4.02. The molecule has 22 heavy (non-hydrogen) atoms. The summed E-state index contributed by atoms with van der Waals surface area (Å²) in [4.78, 5) is 22.9. The van der Waals surface area contributed by atoms with Gasteiger partial charge >= 0.3 is 11.9 Å². The smallest absolute Gasteiger partial charge is 0.315 e. The van der Waals surface area contributed by atoms with Gasteiger partial charge in [-0.2, -0.15) is 0 Å². The fourth-order valence-corrected chi connectivity index (χ4v) is 2.11. The predicted molar refractivity (Wildman–Crippen MR) is 85.1 cm³/mol. The molecular formula is C17H30O5. The zero-order valence-corrected chi connectivity index (χ0v) is 14.4. The lowest BCUT2D eigenvalue weighted by molar-refractivity contribution is -0.148. The summed E-state index contributed by atoms with van der Waals surface area (Å²) < 4.78 is 9.38. The summed E-state index contributed by atoms with van der Waals surface area (Å²) in [5.41, 5.74) is 0. The molecule has 5 nitrogen and oxygen atoms in total. The van der Waals surface area contributed by atoms with Crippen molar-refractivity contribution in [3.8, 4) is 0 Å². The van der Waals surface area contributed by atoms with Gasteiger partial charge in [-0.05, 0) is 24.7 Å². The van der Waals surface area contributed by atoms with Crippen molar-refractivity contribution in [3.63, 3.8) is 0 Å². The van der Waals surface area contributed by atoms with Crippen molar-refractivity contribution in [2.45, 2.75) is 52.6 Å². The maximum Gasteiger partial charge on any atom is 0.315 e. The van der Waals surface area contributed by atoms with Crippen LogP contribution < -0.4 is 0 Å². The molecule has 0 heterocycles. The number of aliphatic hydroxyl groups excluding tert-OH is 1. The Hall–Kier alpha value is -1.36. The van der Waals surface area contributed by atoms with Crippen LogP contribution in [0.1, 0.15) is 46.5 Å². The normalized spacial score (nSPS) is 16.8. The van der Waals surface area contributed by atoms with Gasteiger partial charge in [0.15, 0.2) is 0 Å². The van der Waals surface area contributed by atoms with Gasteiger partial charge in [0.2, 0.25) is 0 Å². The number of rotatable bonds is 10. The molecule has 0 aliphatic carbocycles. The number of carbonyl (C=O) groups is 2. The zero-order chi connectivity index (χ0) is 17.1. The average molecular weight is 314 g/mol.